The van der Waals surface area contributed by atoms with Crippen LogP contribution in [0.2, 0.25) is 0 Å². The lowest BCUT2D eigenvalue weighted by atomic mass is 9.98. The predicted octanol–water partition coefficient (Wildman–Crippen LogP) is 4.17. The Morgan fingerprint density at radius 2 is 1.90 bits per heavy atom. The summed E-state index contributed by atoms with van der Waals surface area (Å²) >= 11 is 0. The van der Waals surface area contributed by atoms with Gasteiger partial charge in [-0.3, -0.25) is 9.88 Å². The molecule has 1 atom stereocenters. The molecule has 31 heavy (non-hydrogen) atoms. The average Bonchev–Trinajstić information content (AvgIpc) is 3.20. The first-order chi connectivity index (χ1) is 15.1. The van der Waals surface area contributed by atoms with Crippen LogP contribution in [0.5, 0.6) is 0 Å². The van der Waals surface area contributed by atoms with Gasteiger partial charge in [-0.25, -0.2) is 13.1 Å². The Hall–Kier alpha value is -2.74. The molecule has 0 unspecified atom stereocenters. The second-order valence-electron chi connectivity index (χ2n) is 8.18. The highest BCUT2D eigenvalue weighted by atomic mass is 32.2. The van der Waals surface area contributed by atoms with Gasteiger partial charge in [0.25, 0.3) is 0 Å². The second-order valence-corrected chi connectivity index (χ2v) is 9.91. The normalized spacial score (nSPS) is 18.0. The topological polar surface area (TPSA) is 75.4 Å². The molecule has 7 heteroatoms. The van der Waals surface area contributed by atoms with Gasteiger partial charge < -0.3 is 4.42 Å². The maximum atomic E-state index is 13.0. The Morgan fingerprint density at radius 3 is 2.81 bits per heavy atom. The number of likely N-dealkylation sites (tertiary alicyclic amines) is 1. The fraction of sp³-hybridized carbons (Fsp3) is 0.292. The van der Waals surface area contributed by atoms with Gasteiger partial charge in [-0.1, -0.05) is 36.4 Å². The number of pyridine rings is 1. The third-order valence-electron chi connectivity index (χ3n) is 5.91. The number of hydrogen-bond donors (Lipinski definition) is 1. The summed E-state index contributed by atoms with van der Waals surface area (Å²) in [7, 11) is -3.63. The van der Waals surface area contributed by atoms with Crippen molar-refractivity contribution in [3.8, 4) is 0 Å². The Kier molecular flexibility index (Phi) is 5.48. The zero-order chi connectivity index (χ0) is 21.3. The lowest BCUT2D eigenvalue weighted by molar-refractivity contribution is 0.159. The molecule has 0 radical (unpaired) electrons. The summed E-state index contributed by atoms with van der Waals surface area (Å²) in [6, 6.07) is 19.0. The Balaban J connectivity index is 1.24. The molecule has 1 aliphatic heterocycles. The number of piperidine rings is 1. The molecule has 6 nitrogen and oxygen atoms in total. The molecular formula is C24H25N3O3S. The zero-order valence-electron chi connectivity index (χ0n) is 17.2. The molecule has 0 spiro atoms. The quantitative estimate of drug-likeness (QED) is 0.492. The van der Waals surface area contributed by atoms with Crippen molar-refractivity contribution in [2.24, 2.45) is 5.92 Å². The first-order valence-electron chi connectivity index (χ1n) is 10.6. The second kappa shape index (κ2) is 8.42. The fourth-order valence-electron chi connectivity index (χ4n) is 4.40. The van der Waals surface area contributed by atoms with Crippen molar-refractivity contribution in [2.75, 3.05) is 19.6 Å². The van der Waals surface area contributed by atoms with Crippen molar-refractivity contribution >= 4 is 31.9 Å². The van der Waals surface area contributed by atoms with E-state index in [-0.39, 0.29) is 10.8 Å². The Labute approximate surface area is 181 Å². The van der Waals surface area contributed by atoms with E-state index in [2.05, 4.69) is 26.7 Å². The van der Waals surface area contributed by atoms with Crippen molar-refractivity contribution in [2.45, 2.75) is 24.3 Å². The monoisotopic (exact) mass is 435 g/mol. The molecule has 5 rings (SSSR count). The number of nitrogens with zero attached hydrogens (tertiary/aromatic N) is 2. The third-order valence-corrected chi connectivity index (χ3v) is 7.36. The van der Waals surface area contributed by atoms with Crippen LogP contribution in [-0.2, 0) is 16.6 Å². The van der Waals surface area contributed by atoms with Crippen LogP contribution in [0.1, 0.15) is 18.6 Å². The minimum absolute atomic E-state index is 0.237. The van der Waals surface area contributed by atoms with Gasteiger partial charge in [0.2, 0.25) is 10.0 Å². The number of hydrogen-bond acceptors (Lipinski definition) is 5. The summed E-state index contributed by atoms with van der Waals surface area (Å²) in [6.07, 6.45) is 3.67. The van der Waals surface area contributed by atoms with E-state index in [1.54, 1.807) is 18.3 Å². The van der Waals surface area contributed by atoms with Gasteiger partial charge in [-0.2, -0.15) is 0 Å². The molecule has 0 bridgehead atoms. The molecule has 1 N–H and O–H groups in total. The summed E-state index contributed by atoms with van der Waals surface area (Å²) in [5.74, 6) is 1.21. The molecule has 4 aromatic rings. The maximum absolute atomic E-state index is 13.0. The van der Waals surface area contributed by atoms with E-state index in [9.17, 15) is 8.42 Å². The van der Waals surface area contributed by atoms with E-state index in [1.165, 1.54) is 0 Å². The van der Waals surface area contributed by atoms with E-state index in [4.69, 9.17) is 4.42 Å². The summed E-state index contributed by atoms with van der Waals surface area (Å²) in [5.41, 5.74) is 1.41. The first kappa shape index (κ1) is 20.2. The molecule has 0 amide bonds. The van der Waals surface area contributed by atoms with Gasteiger partial charge >= 0.3 is 0 Å². The molecule has 2 aromatic carbocycles. The number of sulfonamides is 1. The predicted molar refractivity (Wildman–Crippen MR) is 121 cm³/mol. The van der Waals surface area contributed by atoms with Crippen LogP contribution < -0.4 is 4.72 Å². The highest BCUT2D eigenvalue weighted by molar-refractivity contribution is 7.89. The number of aromatic nitrogens is 1. The number of nitrogens with one attached hydrogen (secondary N) is 1. The lowest BCUT2D eigenvalue weighted by Gasteiger charge is -2.32. The van der Waals surface area contributed by atoms with Crippen molar-refractivity contribution < 1.29 is 12.8 Å². The van der Waals surface area contributed by atoms with Crippen molar-refractivity contribution in [1.29, 1.82) is 0 Å². The van der Waals surface area contributed by atoms with Crippen LogP contribution >= 0.6 is 0 Å². The highest BCUT2D eigenvalue weighted by Gasteiger charge is 2.24. The molecule has 0 aliphatic carbocycles. The molecule has 2 aromatic heterocycles. The van der Waals surface area contributed by atoms with Gasteiger partial charge in [-0.15, -0.1) is 0 Å². The summed E-state index contributed by atoms with van der Waals surface area (Å²) < 4.78 is 34.7. The SMILES string of the molecule is O=S(=O)(NC[C@@H]1CCCN(Cc2cc3ccccc3o2)C1)c1cccc2cccnc12. The van der Waals surface area contributed by atoms with Crippen LogP contribution in [0.3, 0.4) is 0 Å². The fourth-order valence-corrected chi connectivity index (χ4v) is 5.69. The summed E-state index contributed by atoms with van der Waals surface area (Å²) in [5, 5.41) is 1.93. The molecule has 1 fully saturated rings. The molecule has 0 saturated carbocycles. The standard InChI is InChI=1S/C24H25N3O3S/c28-31(29,23-11-3-8-19-9-4-12-25-24(19)23)26-15-18-6-5-13-27(16-18)17-21-14-20-7-1-2-10-22(20)30-21/h1-4,7-12,14,18,26H,5-6,13,15-17H2/t18-/m0/s1. The van der Waals surface area contributed by atoms with Crippen molar-refractivity contribution in [3.05, 3.63) is 72.6 Å². The van der Waals surface area contributed by atoms with Crippen LogP contribution in [0.4, 0.5) is 0 Å². The van der Waals surface area contributed by atoms with Crippen LogP contribution in [-0.4, -0.2) is 37.9 Å². The van der Waals surface area contributed by atoms with Crippen LogP contribution in [0.25, 0.3) is 21.9 Å². The molecule has 160 valence electrons. The number of para-hydroxylation sites is 2. The lowest BCUT2D eigenvalue weighted by Crippen LogP contribution is -2.40. The number of fused-ring (bicyclic) bond motifs is 2. The minimum atomic E-state index is -3.63. The van der Waals surface area contributed by atoms with Gasteiger partial charge in [-0.05, 0) is 49.6 Å². The average molecular weight is 436 g/mol. The maximum Gasteiger partial charge on any atom is 0.242 e. The molecule has 3 heterocycles. The smallest absolute Gasteiger partial charge is 0.242 e. The molecular weight excluding hydrogens is 410 g/mol. The van der Waals surface area contributed by atoms with Crippen molar-refractivity contribution in [3.63, 3.8) is 0 Å². The van der Waals surface area contributed by atoms with E-state index in [0.717, 1.165) is 54.6 Å². The first-order valence-corrected chi connectivity index (χ1v) is 12.1. The summed E-state index contributed by atoms with van der Waals surface area (Å²) in [6.45, 7) is 2.99. The van der Waals surface area contributed by atoms with Crippen LogP contribution in [0, 0.1) is 5.92 Å². The van der Waals surface area contributed by atoms with E-state index in [0.29, 0.717) is 12.1 Å². The third kappa shape index (κ3) is 4.35. The van der Waals surface area contributed by atoms with E-state index >= 15 is 0 Å². The Morgan fingerprint density at radius 1 is 1.06 bits per heavy atom. The summed E-state index contributed by atoms with van der Waals surface area (Å²) in [4.78, 5) is 6.86. The molecule has 1 aliphatic rings. The molecule has 1 saturated heterocycles. The number of furan rings is 1. The van der Waals surface area contributed by atoms with E-state index in [1.807, 2.05) is 36.4 Å². The number of rotatable bonds is 6. The van der Waals surface area contributed by atoms with E-state index < -0.39 is 10.0 Å². The highest BCUT2D eigenvalue weighted by Crippen LogP contribution is 2.24. The van der Waals surface area contributed by atoms with Gasteiger partial charge in [0.15, 0.2) is 0 Å². The van der Waals surface area contributed by atoms with Gasteiger partial charge in [0.1, 0.15) is 16.2 Å². The largest absolute Gasteiger partial charge is 0.460 e. The van der Waals surface area contributed by atoms with Gasteiger partial charge in [0.05, 0.1) is 12.1 Å². The van der Waals surface area contributed by atoms with Gasteiger partial charge in [0, 0.05) is 30.1 Å². The number of benzene rings is 2. The van der Waals surface area contributed by atoms with Crippen LogP contribution in [0.15, 0.2) is 76.2 Å². The minimum Gasteiger partial charge on any atom is -0.460 e. The van der Waals surface area contributed by atoms with Crippen molar-refractivity contribution in [1.82, 2.24) is 14.6 Å². The zero-order valence-corrected chi connectivity index (χ0v) is 18.0. The Bertz CT molecular complexity index is 1280.